The highest BCUT2D eigenvalue weighted by molar-refractivity contribution is 8.00. The molecule has 0 radical (unpaired) electrons. The third-order valence-electron chi connectivity index (χ3n) is 6.75. The molecule has 0 spiro atoms. The number of rotatable bonds is 21. The highest BCUT2D eigenvalue weighted by Gasteiger charge is 2.31. The predicted molar refractivity (Wildman–Crippen MR) is 165 cm³/mol. The number of thioether (sulfide) groups is 2. The standard InChI is InChI=1S/C27H44N4O6S2.C2H6/c1-2-19(29-23(33)13-6-4-10-16-39-21-18-25(35)31-27(21)37)11-7-8-14-28-22(32)12-5-3-9-15-38-20-17-24(34)30-26(20)36;1-2/h19-21H,2-18H2,1H3,(H,28,32)(H,29,33)(H,30,34,36)(H,31,35,37);1-2H3/t19-,20?,21?;/m1./s1. The van der Waals surface area contributed by atoms with Gasteiger partial charge in [0.15, 0.2) is 0 Å². The summed E-state index contributed by atoms with van der Waals surface area (Å²) in [6, 6.07) is 0.147. The molecule has 10 nitrogen and oxygen atoms in total. The molecule has 2 saturated heterocycles. The summed E-state index contributed by atoms with van der Waals surface area (Å²) in [5.41, 5.74) is 0. The third-order valence-corrected chi connectivity index (χ3v) is 9.36. The third kappa shape index (κ3) is 16.8. The highest BCUT2D eigenvalue weighted by atomic mass is 32.2. The fraction of sp³-hybridized carbons (Fsp3) is 0.793. The number of unbranched alkanes of at least 4 members (excludes halogenated alkanes) is 5. The van der Waals surface area contributed by atoms with Crippen molar-refractivity contribution in [3.05, 3.63) is 0 Å². The second-order valence-electron chi connectivity index (χ2n) is 10.1. The summed E-state index contributed by atoms with van der Waals surface area (Å²) >= 11 is 3.03. The lowest BCUT2D eigenvalue weighted by Gasteiger charge is -2.17. The summed E-state index contributed by atoms with van der Waals surface area (Å²) < 4.78 is 0. The number of amides is 6. The van der Waals surface area contributed by atoms with Gasteiger partial charge in [-0.3, -0.25) is 39.4 Å². The molecule has 0 aromatic carbocycles. The summed E-state index contributed by atoms with van der Waals surface area (Å²) in [4.78, 5) is 69.7. The largest absolute Gasteiger partial charge is 0.356 e. The molecule has 0 bridgehead atoms. The molecular formula is C29H50N4O6S2. The van der Waals surface area contributed by atoms with E-state index in [0.29, 0.717) is 19.4 Å². The molecular weight excluding hydrogens is 564 g/mol. The van der Waals surface area contributed by atoms with Gasteiger partial charge in [0.05, 0.1) is 10.5 Å². The molecule has 2 rings (SSSR count). The van der Waals surface area contributed by atoms with Crippen LogP contribution in [0.1, 0.15) is 111 Å². The van der Waals surface area contributed by atoms with Gasteiger partial charge in [-0.2, -0.15) is 0 Å². The monoisotopic (exact) mass is 614 g/mol. The van der Waals surface area contributed by atoms with Crippen LogP contribution >= 0.6 is 23.5 Å². The minimum absolute atomic E-state index is 0.0576. The quantitative estimate of drug-likeness (QED) is 0.113. The van der Waals surface area contributed by atoms with Gasteiger partial charge in [0.1, 0.15) is 0 Å². The normalized spacial score (nSPS) is 18.8. The van der Waals surface area contributed by atoms with Crippen molar-refractivity contribution < 1.29 is 28.8 Å². The van der Waals surface area contributed by atoms with Crippen molar-refractivity contribution in [1.29, 1.82) is 0 Å². The van der Waals surface area contributed by atoms with Gasteiger partial charge in [-0.15, -0.1) is 23.5 Å². The molecule has 4 N–H and O–H groups in total. The molecule has 12 heteroatoms. The number of carbonyl (C=O) groups is 6. The SMILES string of the molecule is CC.CC[C@H](CCCCNC(=O)CCCCCSC1CC(=O)NC1=O)NC(=O)CCCCCSC1CC(=O)NC1=O. The molecule has 2 aliphatic heterocycles. The van der Waals surface area contributed by atoms with E-state index in [4.69, 9.17) is 0 Å². The Morgan fingerprint density at radius 2 is 1.27 bits per heavy atom. The predicted octanol–water partition coefficient (Wildman–Crippen LogP) is 3.61. The average Bonchev–Trinajstić information content (AvgIpc) is 3.45. The van der Waals surface area contributed by atoms with Crippen molar-refractivity contribution in [1.82, 2.24) is 21.3 Å². The first kappa shape index (κ1) is 36.9. The number of imide groups is 2. The van der Waals surface area contributed by atoms with E-state index in [1.807, 2.05) is 13.8 Å². The molecule has 2 aliphatic rings. The average molecular weight is 615 g/mol. The van der Waals surface area contributed by atoms with Gasteiger partial charge in [-0.25, -0.2) is 0 Å². The van der Waals surface area contributed by atoms with Crippen molar-refractivity contribution >= 4 is 59.0 Å². The van der Waals surface area contributed by atoms with Gasteiger partial charge in [-0.1, -0.05) is 33.6 Å². The lowest BCUT2D eigenvalue weighted by molar-refractivity contribution is -0.126. The van der Waals surface area contributed by atoms with E-state index < -0.39 is 0 Å². The molecule has 0 aromatic heterocycles. The van der Waals surface area contributed by atoms with Crippen molar-refractivity contribution in [3.63, 3.8) is 0 Å². The van der Waals surface area contributed by atoms with Crippen LogP contribution in [0, 0.1) is 0 Å². The van der Waals surface area contributed by atoms with Gasteiger partial charge in [-0.05, 0) is 62.9 Å². The molecule has 41 heavy (non-hydrogen) atoms. The molecule has 234 valence electrons. The molecule has 3 atom stereocenters. The Morgan fingerprint density at radius 3 is 1.73 bits per heavy atom. The van der Waals surface area contributed by atoms with Crippen LogP contribution in [0.4, 0.5) is 0 Å². The second kappa shape index (κ2) is 22.5. The summed E-state index contributed by atoms with van der Waals surface area (Å²) in [6.45, 7) is 6.70. The fourth-order valence-electron chi connectivity index (χ4n) is 4.42. The molecule has 2 heterocycles. The van der Waals surface area contributed by atoms with Crippen LogP contribution in [0.25, 0.3) is 0 Å². The smallest absolute Gasteiger partial charge is 0.240 e. The Hall–Kier alpha value is -2.08. The Morgan fingerprint density at radius 1 is 0.756 bits per heavy atom. The first-order valence-corrected chi connectivity index (χ1v) is 17.3. The Balaban J connectivity index is 0.00000411. The number of nitrogens with one attached hydrogen (secondary N) is 4. The van der Waals surface area contributed by atoms with E-state index in [1.54, 1.807) is 0 Å². The molecule has 2 fully saturated rings. The lowest BCUT2D eigenvalue weighted by Crippen LogP contribution is -2.34. The Bertz CT molecular complexity index is 857. The van der Waals surface area contributed by atoms with E-state index in [1.165, 1.54) is 23.5 Å². The van der Waals surface area contributed by atoms with E-state index in [-0.39, 0.29) is 64.8 Å². The van der Waals surface area contributed by atoms with Gasteiger partial charge in [0, 0.05) is 38.3 Å². The fourth-order valence-corrected chi connectivity index (χ4v) is 6.69. The van der Waals surface area contributed by atoms with Gasteiger partial charge in [0.25, 0.3) is 0 Å². The Kier molecular flexibility index (Phi) is 20.3. The minimum Gasteiger partial charge on any atom is -0.356 e. The van der Waals surface area contributed by atoms with Gasteiger partial charge >= 0.3 is 0 Å². The van der Waals surface area contributed by atoms with Gasteiger partial charge in [0.2, 0.25) is 35.4 Å². The first-order valence-electron chi connectivity index (χ1n) is 15.2. The maximum atomic E-state index is 12.3. The minimum atomic E-state index is -0.261. The molecule has 0 saturated carbocycles. The molecule has 0 aromatic rings. The maximum absolute atomic E-state index is 12.3. The number of hydrogen-bond acceptors (Lipinski definition) is 8. The second-order valence-corrected chi connectivity index (χ2v) is 12.7. The van der Waals surface area contributed by atoms with Crippen molar-refractivity contribution in [2.45, 2.75) is 127 Å². The highest BCUT2D eigenvalue weighted by Crippen LogP contribution is 2.22. The van der Waals surface area contributed by atoms with Crippen molar-refractivity contribution in [3.8, 4) is 0 Å². The molecule has 2 unspecified atom stereocenters. The van der Waals surface area contributed by atoms with E-state index >= 15 is 0 Å². The summed E-state index contributed by atoms with van der Waals surface area (Å²) in [5.74, 6) is 0.984. The van der Waals surface area contributed by atoms with E-state index in [0.717, 1.165) is 75.7 Å². The molecule has 6 amide bonds. The topological polar surface area (TPSA) is 151 Å². The maximum Gasteiger partial charge on any atom is 0.240 e. The van der Waals surface area contributed by atoms with Crippen LogP contribution in [0.5, 0.6) is 0 Å². The molecule has 0 aliphatic carbocycles. The van der Waals surface area contributed by atoms with Crippen molar-refractivity contribution in [2.75, 3.05) is 18.1 Å². The van der Waals surface area contributed by atoms with E-state index in [9.17, 15) is 28.8 Å². The summed E-state index contributed by atoms with van der Waals surface area (Å²) in [5, 5.41) is 10.2. The first-order chi connectivity index (χ1) is 19.8. The summed E-state index contributed by atoms with van der Waals surface area (Å²) in [6.07, 6.45) is 10.4. The van der Waals surface area contributed by atoms with Crippen LogP contribution in [-0.2, 0) is 28.8 Å². The van der Waals surface area contributed by atoms with Crippen molar-refractivity contribution in [2.24, 2.45) is 0 Å². The number of hydrogen-bond donors (Lipinski definition) is 4. The summed E-state index contributed by atoms with van der Waals surface area (Å²) in [7, 11) is 0. The zero-order valence-electron chi connectivity index (χ0n) is 25.0. The van der Waals surface area contributed by atoms with E-state index in [2.05, 4.69) is 28.2 Å². The Labute approximate surface area is 253 Å². The van der Waals surface area contributed by atoms with Gasteiger partial charge < -0.3 is 10.6 Å². The zero-order valence-corrected chi connectivity index (χ0v) is 26.7. The zero-order chi connectivity index (χ0) is 30.5. The number of carbonyl (C=O) groups excluding carboxylic acids is 6. The van der Waals surface area contributed by atoms with Crippen LogP contribution in [0.15, 0.2) is 0 Å². The van der Waals surface area contributed by atoms with Crippen LogP contribution < -0.4 is 21.3 Å². The van der Waals surface area contributed by atoms with Crippen LogP contribution in [0.3, 0.4) is 0 Å². The van der Waals surface area contributed by atoms with Crippen LogP contribution in [0.2, 0.25) is 0 Å². The lowest BCUT2D eigenvalue weighted by atomic mass is 10.1. The van der Waals surface area contributed by atoms with Crippen LogP contribution in [-0.4, -0.2) is 70.0 Å².